The second kappa shape index (κ2) is 9.30. The number of aliphatic carboxylic acids is 1. The fourth-order valence-electron chi connectivity index (χ4n) is 3.77. The Morgan fingerprint density at radius 1 is 1.13 bits per heavy atom. The third-order valence-corrected chi connectivity index (χ3v) is 5.45. The summed E-state index contributed by atoms with van der Waals surface area (Å²) in [6.07, 6.45) is -0.459. The van der Waals surface area contributed by atoms with E-state index >= 15 is 0 Å². The minimum atomic E-state index is -5.08. The van der Waals surface area contributed by atoms with E-state index < -0.39 is 12.1 Å². The highest BCUT2D eigenvalue weighted by Crippen LogP contribution is 2.33. The van der Waals surface area contributed by atoms with Gasteiger partial charge in [-0.05, 0) is 38.2 Å². The van der Waals surface area contributed by atoms with Gasteiger partial charge in [0.15, 0.2) is 0 Å². The van der Waals surface area contributed by atoms with Crippen molar-refractivity contribution in [3.05, 3.63) is 35.6 Å². The molecule has 2 N–H and O–H groups in total. The van der Waals surface area contributed by atoms with Crippen LogP contribution in [0.4, 0.5) is 17.6 Å². The van der Waals surface area contributed by atoms with Crippen LogP contribution < -0.4 is 5.32 Å². The van der Waals surface area contributed by atoms with Gasteiger partial charge in [-0.25, -0.2) is 9.18 Å². The van der Waals surface area contributed by atoms with Gasteiger partial charge in [-0.2, -0.15) is 13.2 Å². The van der Waals surface area contributed by atoms with Gasteiger partial charge >= 0.3 is 12.1 Å². The third kappa shape index (κ3) is 5.91. The molecule has 1 aliphatic carbocycles. The molecular formula is C20H24F4N2O4. The van der Waals surface area contributed by atoms with Gasteiger partial charge in [-0.1, -0.05) is 18.2 Å². The van der Waals surface area contributed by atoms with Crippen molar-refractivity contribution in [1.82, 2.24) is 10.2 Å². The molecule has 166 valence electrons. The van der Waals surface area contributed by atoms with Crippen LogP contribution in [0.2, 0.25) is 0 Å². The third-order valence-electron chi connectivity index (χ3n) is 5.45. The van der Waals surface area contributed by atoms with Crippen LogP contribution in [0.5, 0.6) is 0 Å². The van der Waals surface area contributed by atoms with Crippen LogP contribution >= 0.6 is 0 Å². The number of nitrogens with zero attached hydrogens (tertiary/aromatic N) is 1. The van der Waals surface area contributed by atoms with Gasteiger partial charge in [0, 0.05) is 30.7 Å². The maximum Gasteiger partial charge on any atom is 0.490 e. The largest absolute Gasteiger partial charge is 0.490 e. The summed E-state index contributed by atoms with van der Waals surface area (Å²) in [7, 11) is 0. The highest BCUT2D eigenvalue weighted by molar-refractivity contribution is 5.81. The number of nitrogens with one attached hydrogen (secondary N) is 1. The van der Waals surface area contributed by atoms with Crippen LogP contribution in [-0.4, -0.2) is 58.9 Å². The van der Waals surface area contributed by atoms with Gasteiger partial charge in [0.05, 0.1) is 6.10 Å². The van der Waals surface area contributed by atoms with Gasteiger partial charge in [0.1, 0.15) is 11.9 Å². The van der Waals surface area contributed by atoms with Crippen molar-refractivity contribution in [1.29, 1.82) is 0 Å². The molecular weight excluding hydrogens is 408 g/mol. The van der Waals surface area contributed by atoms with Gasteiger partial charge in [0.2, 0.25) is 5.91 Å². The van der Waals surface area contributed by atoms with Crippen molar-refractivity contribution in [2.45, 2.75) is 69.1 Å². The van der Waals surface area contributed by atoms with Crippen LogP contribution in [0.15, 0.2) is 24.3 Å². The molecule has 1 aromatic carbocycles. The van der Waals surface area contributed by atoms with E-state index in [4.69, 9.17) is 14.6 Å². The molecule has 0 spiro atoms. The summed E-state index contributed by atoms with van der Waals surface area (Å²) in [5, 5.41) is 10.2. The molecule has 3 fully saturated rings. The molecule has 3 atom stereocenters. The minimum absolute atomic E-state index is 0.0542. The summed E-state index contributed by atoms with van der Waals surface area (Å²) < 4.78 is 51.6. The smallest absolute Gasteiger partial charge is 0.475 e. The van der Waals surface area contributed by atoms with E-state index in [1.54, 1.807) is 6.07 Å². The van der Waals surface area contributed by atoms with Gasteiger partial charge in [-0.3, -0.25) is 9.69 Å². The molecule has 2 saturated heterocycles. The summed E-state index contributed by atoms with van der Waals surface area (Å²) in [6.45, 7) is 1.52. The number of benzene rings is 1. The maximum absolute atomic E-state index is 13.9. The number of ether oxygens (including phenoxy) is 1. The van der Waals surface area contributed by atoms with Gasteiger partial charge in [-0.15, -0.1) is 0 Å². The summed E-state index contributed by atoms with van der Waals surface area (Å²) in [6, 6.07) is 7.64. The van der Waals surface area contributed by atoms with E-state index in [2.05, 4.69) is 10.2 Å². The molecule has 2 aliphatic heterocycles. The molecule has 10 heteroatoms. The fraction of sp³-hybridized carbons (Fsp3) is 0.600. The normalized spacial score (nSPS) is 26.3. The lowest BCUT2D eigenvalue weighted by Gasteiger charge is -2.35. The number of amides is 1. The van der Waals surface area contributed by atoms with Crippen LogP contribution in [0.1, 0.15) is 37.7 Å². The molecule has 3 aliphatic rings. The first-order valence-corrected chi connectivity index (χ1v) is 9.88. The molecule has 2 heterocycles. The number of fused-ring (bicyclic) bond motifs is 1. The number of halogens is 4. The first kappa shape index (κ1) is 22.5. The summed E-state index contributed by atoms with van der Waals surface area (Å²) >= 11 is 0. The number of hydrogen-bond donors (Lipinski definition) is 2. The van der Waals surface area contributed by atoms with Gasteiger partial charge in [0.25, 0.3) is 0 Å². The SMILES string of the molecule is O=C(NC1CC1)[C@@H]1CC[C@@H]2[C@@H](CCN2Cc2ccccc2F)O1.O=C(O)C(F)(F)F. The van der Waals surface area contributed by atoms with Crippen molar-refractivity contribution >= 4 is 11.9 Å². The van der Waals surface area contributed by atoms with Crippen LogP contribution in [0, 0.1) is 5.82 Å². The number of alkyl halides is 3. The minimum Gasteiger partial charge on any atom is -0.475 e. The molecule has 1 aromatic rings. The van der Waals surface area contributed by atoms with Crippen molar-refractivity contribution in [2.24, 2.45) is 0 Å². The Morgan fingerprint density at radius 3 is 2.40 bits per heavy atom. The van der Waals surface area contributed by atoms with Crippen LogP contribution in [0.3, 0.4) is 0 Å². The molecule has 30 heavy (non-hydrogen) atoms. The number of likely N-dealkylation sites (tertiary alicyclic amines) is 1. The summed E-state index contributed by atoms with van der Waals surface area (Å²) in [4.78, 5) is 23.4. The lowest BCUT2D eigenvalue weighted by Crippen LogP contribution is -2.48. The Labute approximate surface area is 171 Å². The zero-order chi connectivity index (χ0) is 21.9. The van der Waals surface area contributed by atoms with Crippen molar-refractivity contribution < 1.29 is 37.0 Å². The second-order valence-electron chi connectivity index (χ2n) is 7.74. The van der Waals surface area contributed by atoms with E-state index in [1.165, 1.54) is 6.07 Å². The van der Waals surface area contributed by atoms with Crippen LogP contribution in [-0.2, 0) is 20.9 Å². The number of hydrogen-bond acceptors (Lipinski definition) is 4. The molecule has 0 radical (unpaired) electrons. The predicted molar refractivity (Wildman–Crippen MR) is 98.0 cm³/mol. The maximum atomic E-state index is 13.9. The van der Waals surface area contributed by atoms with Gasteiger partial charge < -0.3 is 15.2 Å². The standard InChI is InChI=1S/C18H23FN2O2.C2HF3O2/c19-14-4-2-1-3-12(14)11-21-10-9-16-15(21)7-8-17(23-16)18(22)20-13-5-6-13;3-2(4,5)1(6)7/h1-4,13,15-17H,5-11H2,(H,20,22);(H,6,7)/t15-,16-,17+;/m1./s1. The van der Waals surface area contributed by atoms with E-state index in [9.17, 15) is 22.4 Å². The molecule has 0 aromatic heterocycles. The quantitative estimate of drug-likeness (QED) is 0.716. The number of carboxylic acid groups (broad SMARTS) is 1. The molecule has 0 unspecified atom stereocenters. The lowest BCUT2D eigenvalue weighted by atomic mass is 9.98. The van der Waals surface area contributed by atoms with E-state index in [0.29, 0.717) is 18.6 Å². The summed E-state index contributed by atoms with van der Waals surface area (Å²) in [5.41, 5.74) is 0.738. The molecule has 0 bridgehead atoms. The van der Waals surface area contributed by atoms with Crippen molar-refractivity contribution in [3.8, 4) is 0 Å². The van der Waals surface area contributed by atoms with E-state index in [1.807, 2.05) is 12.1 Å². The Morgan fingerprint density at radius 2 is 1.80 bits per heavy atom. The van der Waals surface area contributed by atoms with E-state index in [-0.39, 0.29) is 23.9 Å². The Balaban J connectivity index is 0.000000318. The highest BCUT2D eigenvalue weighted by Gasteiger charge is 2.42. The predicted octanol–water partition coefficient (Wildman–Crippen LogP) is 2.86. The number of carbonyl (C=O) groups excluding carboxylic acids is 1. The molecule has 1 saturated carbocycles. The zero-order valence-electron chi connectivity index (χ0n) is 16.2. The second-order valence-corrected chi connectivity index (χ2v) is 7.74. The average Bonchev–Trinajstić information content (AvgIpc) is 3.41. The fourth-order valence-corrected chi connectivity index (χ4v) is 3.77. The number of carbonyl (C=O) groups is 2. The zero-order valence-corrected chi connectivity index (χ0v) is 16.2. The monoisotopic (exact) mass is 432 g/mol. The topological polar surface area (TPSA) is 78.9 Å². The van der Waals surface area contributed by atoms with Crippen molar-refractivity contribution in [3.63, 3.8) is 0 Å². The van der Waals surface area contributed by atoms with Crippen molar-refractivity contribution in [2.75, 3.05) is 6.54 Å². The first-order valence-electron chi connectivity index (χ1n) is 9.88. The number of rotatable bonds is 4. The lowest BCUT2D eigenvalue weighted by molar-refractivity contribution is -0.192. The molecule has 6 nitrogen and oxygen atoms in total. The molecule has 4 rings (SSSR count). The Hall–Kier alpha value is -2.20. The molecule has 1 amide bonds. The average molecular weight is 432 g/mol. The Bertz CT molecular complexity index is 769. The van der Waals surface area contributed by atoms with Crippen LogP contribution in [0.25, 0.3) is 0 Å². The number of carboxylic acids is 1. The highest BCUT2D eigenvalue weighted by atomic mass is 19.4. The Kier molecular flexibility index (Phi) is 6.97. The summed E-state index contributed by atoms with van der Waals surface area (Å²) in [5.74, 6) is -2.85. The van der Waals surface area contributed by atoms with E-state index in [0.717, 1.165) is 44.2 Å². The first-order chi connectivity index (χ1) is 14.1.